The van der Waals surface area contributed by atoms with Crippen LogP contribution in [0.3, 0.4) is 0 Å². The SMILES string of the molecule is Cc1cc(=O)oc2cc(O[C@H](C)C(=O)N/N=C\c3cnc4ccccc4n3)ccc12. The summed E-state index contributed by atoms with van der Waals surface area (Å²) in [6.07, 6.45) is 2.17. The number of hydrogen-bond donors (Lipinski definition) is 1. The average molecular weight is 402 g/mol. The number of ether oxygens (including phenoxy) is 1. The van der Waals surface area contributed by atoms with E-state index in [2.05, 4.69) is 20.5 Å². The van der Waals surface area contributed by atoms with Gasteiger partial charge in [0.25, 0.3) is 5.91 Å². The Labute approximate surface area is 171 Å². The van der Waals surface area contributed by atoms with Crippen LogP contribution in [0.15, 0.2) is 69.0 Å². The molecule has 2 heterocycles. The Bertz CT molecular complexity index is 1330. The van der Waals surface area contributed by atoms with E-state index >= 15 is 0 Å². The van der Waals surface area contributed by atoms with E-state index in [-0.39, 0.29) is 0 Å². The molecule has 8 heteroatoms. The minimum Gasteiger partial charge on any atom is -0.481 e. The molecule has 0 aliphatic heterocycles. The van der Waals surface area contributed by atoms with E-state index in [0.29, 0.717) is 17.0 Å². The van der Waals surface area contributed by atoms with Crippen LogP contribution >= 0.6 is 0 Å². The number of nitrogens with zero attached hydrogens (tertiary/aromatic N) is 3. The summed E-state index contributed by atoms with van der Waals surface area (Å²) in [4.78, 5) is 32.5. The van der Waals surface area contributed by atoms with E-state index < -0.39 is 17.6 Å². The predicted octanol–water partition coefficient (Wildman–Crippen LogP) is 2.96. The van der Waals surface area contributed by atoms with Gasteiger partial charge in [-0.2, -0.15) is 5.10 Å². The summed E-state index contributed by atoms with van der Waals surface area (Å²) in [5.74, 6) is -0.0333. The first-order chi connectivity index (χ1) is 14.5. The highest BCUT2D eigenvalue weighted by atomic mass is 16.5. The van der Waals surface area contributed by atoms with Gasteiger partial charge in [0.05, 0.1) is 23.4 Å². The second kappa shape index (κ2) is 8.12. The number of para-hydroxylation sites is 2. The summed E-state index contributed by atoms with van der Waals surface area (Å²) >= 11 is 0. The molecule has 30 heavy (non-hydrogen) atoms. The van der Waals surface area contributed by atoms with Crippen LogP contribution in [0.4, 0.5) is 0 Å². The Morgan fingerprint density at radius 2 is 2.00 bits per heavy atom. The maximum Gasteiger partial charge on any atom is 0.336 e. The van der Waals surface area contributed by atoms with Crippen LogP contribution in [-0.2, 0) is 4.79 Å². The van der Waals surface area contributed by atoms with Crippen LogP contribution in [0.1, 0.15) is 18.2 Å². The van der Waals surface area contributed by atoms with Crippen molar-refractivity contribution >= 4 is 34.1 Å². The molecule has 0 bridgehead atoms. The molecule has 2 aromatic heterocycles. The third-order valence-electron chi connectivity index (χ3n) is 4.44. The monoisotopic (exact) mass is 402 g/mol. The smallest absolute Gasteiger partial charge is 0.336 e. The van der Waals surface area contributed by atoms with Crippen molar-refractivity contribution in [2.75, 3.05) is 0 Å². The predicted molar refractivity (Wildman–Crippen MR) is 113 cm³/mol. The number of carbonyl (C=O) groups excluding carboxylic acids is 1. The van der Waals surface area contributed by atoms with E-state index in [9.17, 15) is 9.59 Å². The van der Waals surface area contributed by atoms with E-state index in [0.717, 1.165) is 22.0 Å². The first-order valence-electron chi connectivity index (χ1n) is 9.25. The quantitative estimate of drug-likeness (QED) is 0.312. The first-order valence-corrected chi connectivity index (χ1v) is 9.25. The molecular weight excluding hydrogens is 384 g/mol. The highest BCUT2D eigenvalue weighted by Gasteiger charge is 2.15. The fourth-order valence-corrected chi connectivity index (χ4v) is 2.92. The molecule has 1 amide bonds. The Hall–Kier alpha value is -4.07. The van der Waals surface area contributed by atoms with Crippen molar-refractivity contribution < 1.29 is 13.9 Å². The van der Waals surface area contributed by atoms with Crippen molar-refractivity contribution in [3.05, 3.63) is 76.4 Å². The van der Waals surface area contributed by atoms with Crippen molar-refractivity contribution in [1.29, 1.82) is 0 Å². The number of benzene rings is 2. The minimum atomic E-state index is -0.821. The van der Waals surface area contributed by atoms with Crippen molar-refractivity contribution in [1.82, 2.24) is 15.4 Å². The zero-order valence-corrected chi connectivity index (χ0v) is 16.3. The average Bonchev–Trinajstić information content (AvgIpc) is 2.73. The summed E-state index contributed by atoms with van der Waals surface area (Å²) in [6, 6.07) is 14.0. The molecule has 0 spiro atoms. The Morgan fingerprint density at radius 3 is 2.83 bits per heavy atom. The van der Waals surface area contributed by atoms with Crippen LogP contribution in [0.5, 0.6) is 5.75 Å². The molecule has 4 rings (SSSR count). The van der Waals surface area contributed by atoms with E-state index in [4.69, 9.17) is 9.15 Å². The normalized spacial score (nSPS) is 12.3. The van der Waals surface area contributed by atoms with Gasteiger partial charge in [0.2, 0.25) is 0 Å². The summed E-state index contributed by atoms with van der Waals surface area (Å²) < 4.78 is 10.8. The Morgan fingerprint density at radius 1 is 1.20 bits per heavy atom. The summed E-state index contributed by atoms with van der Waals surface area (Å²) in [6.45, 7) is 3.42. The zero-order chi connectivity index (χ0) is 21.1. The maximum atomic E-state index is 12.3. The van der Waals surface area contributed by atoms with Crippen LogP contribution in [0, 0.1) is 6.92 Å². The lowest BCUT2D eigenvalue weighted by molar-refractivity contribution is -0.127. The summed E-state index contributed by atoms with van der Waals surface area (Å²) in [5.41, 5.74) is 5.23. The lowest BCUT2D eigenvalue weighted by Crippen LogP contribution is -2.33. The van der Waals surface area contributed by atoms with Crippen molar-refractivity contribution in [3.63, 3.8) is 0 Å². The fraction of sp³-hybridized carbons (Fsp3) is 0.136. The zero-order valence-electron chi connectivity index (χ0n) is 16.3. The second-order valence-electron chi connectivity index (χ2n) is 6.68. The van der Waals surface area contributed by atoms with Crippen LogP contribution < -0.4 is 15.8 Å². The third-order valence-corrected chi connectivity index (χ3v) is 4.44. The summed E-state index contributed by atoms with van der Waals surface area (Å²) in [5, 5.41) is 4.72. The number of nitrogens with one attached hydrogen (secondary N) is 1. The van der Waals surface area contributed by atoms with Crippen molar-refractivity contribution in [2.24, 2.45) is 5.10 Å². The molecule has 150 valence electrons. The Kier molecular flexibility index (Phi) is 5.21. The highest BCUT2D eigenvalue weighted by Crippen LogP contribution is 2.23. The number of rotatable bonds is 5. The van der Waals surface area contributed by atoms with Gasteiger partial charge in [0.15, 0.2) is 6.10 Å². The molecule has 0 saturated heterocycles. The molecule has 0 unspecified atom stereocenters. The number of hydrazone groups is 1. The lowest BCUT2D eigenvalue weighted by Gasteiger charge is -2.13. The van der Waals surface area contributed by atoms with Gasteiger partial charge >= 0.3 is 5.63 Å². The standard InChI is InChI=1S/C22H18N4O4/c1-13-9-21(27)30-20-10-16(7-8-17(13)20)29-14(2)22(28)26-24-12-15-11-23-18-5-3-4-6-19(18)25-15/h3-12,14H,1-2H3,(H,26,28)/b24-12-/t14-/m1/s1. The first kappa shape index (κ1) is 19.3. The molecule has 0 radical (unpaired) electrons. The molecule has 2 aromatic carbocycles. The number of aryl methyl sites for hydroxylation is 1. The molecule has 1 atom stereocenters. The lowest BCUT2D eigenvalue weighted by atomic mass is 10.1. The van der Waals surface area contributed by atoms with E-state index in [1.54, 1.807) is 31.3 Å². The van der Waals surface area contributed by atoms with Gasteiger partial charge in [-0.25, -0.2) is 15.2 Å². The van der Waals surface area contributed by atoms with Crippen LogP contribution in [0.25, 0.3) is 22.0 Å². The molecule has 1 N–H and O–H groups in total. The van der Waals surface area contributed by atoms with Gasteiger partial charge in [-0.15, -0.1) is 0 Å². The van der Waals surface area contributed by atoms with Crippen LogP contribution in [-0.4, -0.2) is 28.2 Å². The maximum absolute atomic E-state index is 12.3. The number of carbonyl (C=O) groups is 1. The Balaban J connectivity index is 1.41. The minimum absolute atomic E-state index is 0.401. The largest absolute Gasteiger partial charge is 0.481 e. The van der Waals surface area contributed by atoms with Gasteiger partial charge in [-0.1, -0.05) is 12.1 Å². The summed E-state index contributed by atoms with van der Waals surface area (Å²) in [7, 11) is 0. The number of amides is 1. The number of hydrogen-bond acceptors (Lipinski definition) is 7. The van der Waals surface area contributed by atoms with E-state index in [1.807, 2.05) is 31.2 Å². The second-order valence-corrected chi connectivity index (χ2v) is 6.68. The molecule has 0 aliphatic carbocycles. The van der Waals surface area contributed by atoms with Gasteiger partial charge < -0.3 is 9.15 Å². The van der Waals surface area contributed by atoms with Gasteiger partial charge in [-0.3, -0.25) is 9.78 Å². The highest BCUT2D eigenvalue weighted by molar-refractivity contribution is 5.85. The molecule has 8 nitrogen and oxygen atoms in total. The molecule has 0 fully saturated rings. The topological polar surface area (TPSA) is 107 Å². The number of fused-ring (bicyclic) bond motifs is 2. The molecule has 0 aliphatic rings. The van der Waals surface area contributed by atoms with Crippen molar-refractivity contribution in [2.45, 2.75) is 20.0 Å². The van der Waals surface area contributed by atoms with E-state index in [1.165, 1.54) is 12.3 Å². The van der Waals surface area contributed by atoms with Gasteiger partial charge in [0.1, 0.15) is 17.0 Å². The molecule has 4 aromatic rings. The van der Waals surface area contributed by atoms with Crippen molar-refractivity contribution in [3.8, 4) is 5.75 Å². The molecule has 0 saturated carbocycles. The fourth-order valence-electron chi connectivity index (χ4n) is 2.92. The number of aromatic nitrogens is 2. The van der Waals surface area contributed by atoms with Crippen LogP contribution in [0.2, 0.25) is 0 Å². The molecular formula is C22H18N4O4. The van der Waals surface area contributed by atoms with Gasteiger partial charge in [0, 0.05) is 17.5 Å². The third kappa shape index (κ3) is 4.17. The van der Waals surface area contributed by atoms with Gasteiger partial charge in [-0.05, 0) is 43.7 Å².